The maximum absolute atomic E-state index is 12.8. The molecule has 1 aromatic carbocycles. The molecule has 9 nitrogen and oxygen atoms in total. The number of pyridine rings is 1. The van der Waals surface area contributed by atoms with Crippen LogP contribution in [-0.4, -0.2) is 57.2 Å². The second-order valence-electron chi connectivity index (χ2n) is 12.2. The fourth-order valence-electron chi connectivity index (χ4n) is 6.47. The van der Waals surface area contributed by atoms with Gasteiger partial charge in [0.25, 0.3) is 0 Å². The molecule has 1 aliphatic carbocycles. The number of H-pyrrole nitrogens is 1. The maximum atomic E-state index is 12.8. The molecule has 0 radical (unpaired) electrons. The average molecular weight is 618 g/mol. The maximum Gasteiger partial charge on any atom is 0.161 e. The summed E-state index contributed by atoms with van der Waals surface area (Å²) in [6.07, 6.45) is 15.6. The van der Waals surface area contributed by atoms with Crippen molar-refractivity contribution >= 4 is 23.5 Å². The molecule has 0 bridgehead atoms. The van der Waals surface area contributed by atoms with E-state index < -0.39 is 11.3 Å². The van der Waals surface area contributed by atoms with Crippen molar-refractivity contribution in [2.24, 2.45) is 5.41 Å². The topological polar surface area (TPSA) is 159 Å². The van der Waals surface area contributed by atoms with Crippen LogP contribution >= 0.6 is 0 Å². The van der Waals surface area contributed by atoms with E-state index in [1.54, 1.807) is 12.3 Å². The number of carbonyl (C=O) groups is 2. The number of benzene rings is 1. The van der Waals surface area contributed by atoms with E-state index in [9.17, 15) is 19.8 Å². The predicted molar refractivity (Wildman–Crippen MR) is 175 cm³/mol. The Morgan fingerprint density at radius 1 is 1.00 bits per heavy atom. The molecule has 2 unspecified atom stereocenters. The third kappa shape index (κ3) is 8.61. The molecule has 9 heteroatoms. The van der Waals surface area contributed by atoms with Gasteiger partial charge in [0.2, 0.25) is 0 Å². The number of ether oxygens (including phenoxy) is 1. The molecule has 4 rings (SSSR count). The number of aromatic amines is 1. The number of rotatable bonds is 19. The number of nitrogens with one attached hydrogen (secondary N) is 1. The van der Waals surface area contributed by atoms with E-state index in [4.69, 9.17) is 15.6 Å². The molecular formula is C36H47N3O6. The van der Waals surface area contributed by atoms with Crippen molar-refractivity contribution in [1.29, 1.82) is 0 Å². The quantitative estimate of drug-likeness (QED) is 0.0851. The fourth-order valence-corrected chi connectivity index (χ4v) is 6.47. The summed E-state index contributed by atoms with van der Waals surface area (Å²) in [6, 6.07) is 9.33. The molecule has 6 N–H and O–H groups in total. The molecular weight excluding hydrogens is 570 g/mol. The molecule has 0 amide bonds. The number of aliphatic hydroxyl groups excluding tert-OH is 2. The van der Waals surface area contributed by atoms with Crippen molar-refractivity contribution in [2.45, 2.75) is 83.0 Å². The highest BCUT2D eigenvalue weighted by atomic mass is 16.5. The average Bonchev–Trinajstić information content (AvgIpc) is 3.55. The number of hydrogen-bond donors (Lipinski definition) is 5. The number of fused-ring (bicyclic) bond motifs is 1. The molecule has 2 atom stereocenters. The van der Waals surface area contributed by atoms with Gasteiger partial charge in [-0.05, 0) is 61.1 Å². The summed E-state index contributed by atoms with van der Waals surface area (Å²) in [5.41, 5.74) is 9.27. The number of nitrogens with two attached hydrogens (primary N) is 1. The lowest BCUT2D eigenvalue weighted by Crippen LogP contribution is -2.36. The summed E-state index contributed by atoms with van der Waals surface area (Å²) in [4.78, 5) is 32.8. The van der Waals surface area contributed by atoms with Crippen molar-refractivity contribution < 1.29 is 29.6 Å². The second-order valence-corrected chi connectivity index (χ2v) is 12.2. The Morgan fingerprint density at radius 2 is 1.73 bits per heavy atom. The van der Waals surface area contributed by atoms with Crippen LogP contribution in [0, 0.1) is 5.41 Å². The Kier molecular flexibility index (Phi) is 12.4. The van der Waals surface area contributed by atoms with E-state index in [0.717, 1.165) is 67.3 Å². The number of aromatic nitrogens is 2. The number of aromatic hydroxyl groups is 1. The zero-order valence-electron chi connectivity index (χ0n) is 26.3. The molecule has 0 saturated heterocycles. The SMILES string of the molecule is COc1cc(CCC(=O)CC(=O)CCCCCCCCCO)cc(C2c3ccnc(N)c3C=CC2(CO)Cc2ccc[nH]2)c1O. The number of phenols is 1. The summed E-state index contributed by atoms with van der Waals surface area (Å²) >= 11 is 0. The van der Waals surface area contributed by atoms with Crippen molar-refractivity contribution in [1.82, 2.24) is 9.97 Å². The van der Waals surface area contributed by atoms with Crippen LogP contribution in [0.2, 0.25) is 0 Å². The smallest absolute Gasteiger partial charge is 0.161 e. The van der Waals surface area contributed by atoms with Gasteiger partial charge < -0.3 is 30.8 Å². The van der Waals surface area contributed by atoms with E-state index in [0.29, 0.717) is 30.6 Å². The number of hydrogen-bond acceptors (Lipinski definition) is 8. The molecule has 0 fully saturated rings. The number of carbonyl (C=O) groups excluding carboxylic acids is 2. The van der Waals surface area contributed by atoms with Crippen LogP contribution in [0.5, 0.6) is 11.5 Å². The monoisotopic (exact) mass is 617 g/mol. The lowest BCUT2D eigenvalue weighted by molar-refractivity contribution is -0.127. The number of ketones is 2. The Bertz CT molecular complexity index is 1450. The molecule has 2 heterocycles. The number of Topliss-reactive ketones (excluding diaryl/α,β-unsaturated/α-hetero) is 2. The molecule has 45 heavy (non-hydrogen) atoms. The minimum Gasteiger partial charge on any atom is -0.504 e. The summed E-state index contributed by atoms with van der Waals surface area (Å²) in [5, 5.41) is 31.3. The highest BCUT2D eigenvalue weighted by molar-refractivity contribution is 5.99. The van der Waals surface area contributed by atoms with Gasteiger partial charge in [-0.2, -0.15) is 0 Å². The summed E-state index contributed by atoms with van der Waals surface area (Å²) in [6.45, 7) is 0.0360. The Morgan fingerprint density at radius 3 is 2.42 bits per heavy atom. The largest absolute Gasteiger partial charge is 0.504 e. The molecule has 242 valence electrons. The van der Waals surface area contributed by atoms with Gasteiger partial charge in [0, 0.05) is 60.0 Å². The van der Waals surface area contributed by atoms with Gasteiger partial charge in [0.05, 0.1) is 20.1 Å². The highest BCUT2D eigenvalue weighted by Gasteiger charge is 2.44. The van der Waals surface area contributed by atoms with E-state index in [1.807, 2.05) is 42.6 Å². The number of nitrogens with zero attached hydrogens (tertiary/aromatic N) is 1. The number of nitrogen functional groups attached to an aromatic ring is 1. The van der Waals surface area contributed by atoms with E-state index >= 15 is 0 Å². The Balaban J connectivity index is 1.50. The number of aliphatic hydroxyl groups is 2. The number of aryl methyl sites for hydroxylation is 1. The van der Waals surface area contributed by atoms with Crippen LogP contribution in [0.25, 0.3) is 6.08 Å². The summed E-state index contributed by atoms with van der Waals surface area (Å²) < 4.78 is 5.58. The van der Waals surface area contributed by atoms with Crippen molar-refractivity contribution in [2.75, 3.05) is 26.1 Å². The van der Waals surface area contributed by atoms with Crippen LogP contribution in [-0.2, 0) is 22.4 Å². The lowest BCUT2D eigenvalue weighted by Gasteiger charge is -2.41. The standard InChI is InChI=1S/C36H47N3O6/c1-45-32-21-25(12-13-28(43)22-27(42)11-7-5-3-2-4-6-8-19-40)20-31(34(32)44)33-29-15-18-39-35(37)30(29)14-16-36(33,24-41)23-26-10-9-17-38-26/h9-10,14-18,20-21,33,38,40-41,44H,2-8,11-13,19,22-24H2,1H3,(H2,37,39). The van der Waals surface area contributed by atoms with Gasteiger partial charge in [-0.25, -0.2) is 4.98 Å². The molecule has 3 aromatic rings. The number of unbranched alkanes of at least 4 members (excludes halogenated alkanes) is 6. The zero-order chi connectivity index (χ0) is 32.2. The second kappa shape index (κ2) is 16.4. The summed E-state index contributed by atoms with van der Waals surface area (Å²) in [5.74, 6) is -0.0562. The number of anilines is 1. The van der Waals surface area contributed by atoms with Crippen molar-refractivity contribution in [3.8, 4) is 11.5 Å². The number of phenolic OH excluding ortho intramolecular Hbond substituents is 1. The third-order valence-electron chi connectivity index (χ3n) is 8.89. The fraction of sp³-hybridized carbons (Fsp3) is 0.472. The van der Waals surface area contributed by atoms with Gasteiger partial charge >= 0.3 is 0 Å². The first kappa shape index (κ1) is 33.9. The van der Waals surface area contributed by atoms with Gasteiger partial charge in [0.15, 0.2) is 11.5 Å². The predicted octanol–water partition coefficient (Wildman–Crippen LogP) is 5.66. The van der Waals surface area contributed by atoms with E-state index in [1.165, 1.54) is 7.11 Å². The molecule has 0 saturated carbocycles. The van der Waals surface area contributed by atoms with E-state index in [-0.39, 0.29) is 49.1 Å². The van der Waals surface area contributed by atoms with Crippen molar-refractivity contribution in [3.05, 3.63) is 76.7 Å². The Hall–Kier alpha value is -3.95. The van der Waals surface area contributed by atoms with Gasteiger partial charge in [-0.15, -0.1) is 0 Å². The van der Waals surface area contributed by atoms with Crippen LogP contribution in [0.3, 0.4) is 0 Å². The van der Waals surface area contributed by atoms with Gasteiger partial charge in [-0.3, -0.25) is 9.59 Å². The molecule has 0 spiro atoms. The van der Waals surface area contributed by atoms with Crippen LogP contribution in [0.15, 0.2) is 48.8 Å². The zero-order valence-corrected chi connectivity index (χ0v) is 26.3. The van der Waals surface area contributed by atoms with E-state index in [2.05, 4.69) is 9.97 Å². The summed E-state index contributed by atoms with van der Waals surface area (Å²) in [7, 11) is 1.48. The highest BCUT2D eigenvalue weighted by Crippen LogP contribution is 2.53. The van der Waals surface area contributed by atoms with Crippen LogP contribution < -0.4 is 10.5 Å². The first-order chi connectivity index (χ1) is 21.8. The third-order valence-corrected chi connectivity index (χ3v) is 8.89. The normalized spacial score (nSPS) is 17.3. The van der Waals surface area contributed by atoms with Crippen LogP contribution in [0.1, 0.15) is 98.1 Å². The lowest BCUT2D eigenvalue weighted by atomic mass is 9.63. The molecule has 2 aromatic heterocycles. The number of methoxy groups -OCH3 is 1. The minimum atomic E-state index is -0.825. The minimum absolute atomic E-state index is 0.0295. The molecule has 1 aliphatic rings. The Labute approximate surface area is 265 Å². The van der Waals surface area contributed by atoms with Gasteiger partial charge in [0.1, 0.15) is 17.4 Å². The van der Waals surface area contributed by atoms with Crippen molar-refractivity contribution in [3.63, 3.8) is 0 Å². The van der Waals surface area contributed by atoms with Crippen LogP contribution in [0.4, 0.5) is 5.82 Å². The first-order valence-corrected chi connectivity index (χ1v) is 16.0. The van der Waals surface area contributed by atoms with Gasteiger partial charge in [-0.1, -0.05) is 50.3 Å². The first-order valence-electron chi connectivity index (χ1n) is 16.0. The molecule has 0 aliphatic heterocycles.